The van der Waals surface area contributed by atoms with Gasteiger partial charge in [0.1, 0.15) is 5.75 Å². The van der Waals surface area contributed by atoms with Gasteiger partial charge in [-0.1, -0.05) is 6.07 Å². The molecule has 0 aromatic heterocycles. The summed E-state index contributed by atoms with van der Waals surface area (Å²) in [7, 11) is 5.40. The van der Waals surface area contributed by atoms with Crippen LogP contribution in [0.5, 0.6) is 5.75 Å². The van der Waals surface area contributed by atoms with Crippen LogP contribution < -0.4 is 20.7 Å². The summed E-state index contributed by atoms with van der Waals surface area (Å²) in [6.45, 7) is 0. The highest BCUT2D eigenvalue weighted by Gasteiger charge is 2.09. The summed E-state index contributed by atoms with van der Waals surface area (Å²) in [5, 5.41) is 2.83. The molecule has 3 N–H and O–H groups in total. The average molecular weight is 285 g/mol. The average Bonchev–Trinajstić information content (AvgIpc) is 2.49. The minimum Gasteiger partial charge on any atom is -0.495 e. The van der Waals surface area contributed by atoms with Gasteiger partial charge in [-0.3, -0.25) is 4.79 Å². The molecule has 0 saturated heterocycles. The van der Waals surface area contributed by atoms with Gasteiger partial charge in [-0.2, -0.15) is 0 Å². The van der Waals surface area contributed by atoms with Crippen molar-refractivity contribution < 1.29 is 9.53 Å². The zero-order chi connectivity index (χ0) is 15.4. The van der Waals surface area contributed by atoms with Crippen LogP contribution in [0.25, 0.3) is 0 Å². The molecule has 5 nitrogen and oxygen atoms in total. The van der Waals surface area contributed by atoms with Crippen molar-refractivity contribution in [2.45, 2.75) is 0 Å². The van der Waals surface area contributed by atoms with Crippen molar-refractivity contribution in [3.05, 3.63) is 48.0 Å². The number of amides is 1. The maximum Gasteiger partial charge on any atom is 0.255 e. The normalized spacial score (nSPS) is 10.0. The maximum atomic E-state index is 12.3. The Kier molecular flexibility index (Phi) is 4.33. The van der Waals surface area contributed by atoms with Gasteiger partial charge >= 0.3 is 0 Å². The third-order valence-corrected chi connectivity index (χ3v) is 3.12. The third-order valence-electron chi connectivity index (χ3n) is 3.12. The van der Waals surface area contributed by atoms with E-state index in [1.54, 1.807) is 24.3 Å². The summed E-state index contributed by atoms with van der Waals surface area (Å²) in [6, 6.07) is 12.6. The second-order valence-corrected chi connectivity index (χ2v) is 4.86. The third kappa shape index (κ3) is 3.45. The van der Waals surface area contributed by atoms with Crippen molar-refractivity contribution in [1.29, 1.82) is 0 Å². The smallest absolute Gasteiger partial charge is 0.255 e. The molecule has 5 heteroatoms. The van der Waals surface area contributed by atoms with E-state index in [4.69, 9.17) is 10.5 Å². The quantitative estimate of drug-likeness (QED) is 0.847. The topological polar surface area (TPSA) is 67.6 Å². The van der Waals surface area contributed by atoms with Gasteiger partial charge in [-0.05, 0) is 30.3 Å². The first-order chi connectivity index (χ1) is 10.0. The molecule has 1 amide bonds. The van der Waals surface area contributed by atoms with Gasteiger partial charge in [0.2, 0.25) is 0 Å². The first-order valence-electron chi connectivity index (χ1n) is 6.53. The fraction of sp³-hybridized carbons (Fsp3) is 0.188. The molecule has 0 aliphatic heterocycles. The number of nitrogens with zero attached hydrogens (tertiary/aromatic N) is 1. The van der Waals surface area contributed by atoms with Crippen LogP contribution in [0.15, 0.2) is 42.5 Å². The first kappa shape index (κ1) is 14.7. The molecular weight excluding hydrogens is 266 g/mol. The Labute approximate surface area is 124 Å². The Morgan fingerprint density at radius 2 is 1.95 bits per heavy atom. The molecule has 0 unspecified atom stereocenters. The molecule has 0 fully saturated rings. The van der Waals surface area contributed by atoms with Gasteiger partial charge in [0.15, 0.2) is 0 Å². The lowest BCUT2D eigenvalue weighted by molar-refractivity contribution is 0.102. The Morgan fingerprint density at radius 3 is 2.62 bits per heavy atom. The van der Waals surface area contributed by atoms with Crippen LogP contribution >= 0.6 is 0 Å². The largest absolute Gasteiger partial charge is 0.495 e. The van der Waals surface area contributed by atoms with Crippen molar-refractivity contribution in [2.75, 3.05) is 37.2 Å². The van der Waals surface area contributed by atoms with Crippen LogP contribution in [0.1, 0.15) is 10.4 Å². The molecule has 0 spiro atoms. The predicted molar refractivity (Wildman–Crippen MR) is 86.1 cm³/mol. The lowest BCUT2D eigenvalue weighted by Crippen LogP contribution is -2.14. The maximum absolute atomic E-state index is 12.3. The molecule has 110 valence electrons. The zero-order valence-corrected chi connectivity index (χ0v) is 12.4. The van der Waals surface area contributed by atoms with Gasteiger partial charge in [0, 0.05) is 37.1 Å². The number of carbonyl (C=O) groups excluding carboxylic acids is 1. The van der Waals surface area contributed by atoms with Crippen LogP contribution in [0, 0.1) is 0 Å². The summed E-state index contributed by atoms with van der Waals surface area (Å²) in [6.07, 6.45) is 0. The van der Waals surface area contributed by atoms with Crippen LogP contribution in [-0.2, 0) is 0 Å². The van der Waals surface area contributed by atoms with E-state index >= 15 is 0 Å². The number of hydrogen-bond acceptors (Lipinski definition) is 4. The highest BCUT2D eigenvalue weighted by molar-refractivity contribution is 6.05. The summed E-state index contributed by atoms with van der Waals surface area (Å²) in [5.41, 5.74) is 8.49. The van der Waals surface area contributed by atoms with Crippen LogP contribution in [0.2, 0.25) is 0 Å². The molecule has 21 heavy (non-hydrogen) atoms. The highest BCUT2D eigenvalue weighted by Crippen LogP contribution is 2.25. The monoisotopic (exact) mass is 285 g/mol. The molecule has 0 bridgehead atoms. The Balaban J connectivity index is 2.20. The molecule has 2 aromatic carbocycles. The lowest BCUT2D eigenvalue weighted by atomic mass is 10.1. The fourth-order valence-corrected chi connectivity index (χ4v) is 1.92. The van der Waals surface area contributed by atoms with E-state index in [1.807, 2.05) is 37.2 Å². The number of nitrogens with two attached hydrogens (primary N) is 1. The number of hydrogen-bond donors (Lipinski definition) is 2. The summed E-state index contributed by atoms with van der Waals surface area (Å²) < 4.78 is 5.14. The molecule has 2 aromatic rings. The van der Waals surface area contributed by atoms with E-state index in [1.165, 1.54) is 7.11 Å². The van der Waals surface area contributed by atoms with Gasteiger partial charge in [-0.15, -0.1) is 0 Å². The standard InChI is InChI=1S/C16H19N3O2/c1-19(2)13-6-4-5-11(9-13)16(20)18-12-7-8-14(17)15(10-12)21-3/h4-10H,17H2,1-3H3,(H,18,20). The molecule has 0 aliphatic rings. The second kappa shape index (κ2) is 6.17. The molecule has 0 heterocycles. The number of nitrogens with one attached hydrogen (secondary N) is 1. The SMILES string of the molecule is COc1cc(NC(=O)c2cccc(N(C)C)c2)ccc1N. The number of rotatable bonds is 4. The van der Waals surface area contributed by atoms with Crippen molar-refractivity contribution in [3.8, 4) is 5.75 Å². The number of anilines is 3. The number of carbonyl (C=O) groups is 1. The van der Waals surface area contributed by atoms with Gasteiger partial charge in [0.25, 0.3) is 5.91 Å². The number of benzene rings is 2. The summed E-state index contributed by atoms with van der Waals surface area (Å²) >= 11 is 0. The number of ether oxygens (including phenoxy) is 1. The van der Waals surface area contributed by atoms with E-state index in [-0.39, 0.29) is 5.91 Å². The molecule has 0 aliphatic carbocycles. The van der Waals surface area contributed by atoms with Crippen LogP contribution in [-0.4, -0.2) is 27.1 Å². The first-order valence-corrected chi connectivity index (χ1v) is 6.53. The Bertz CT molecular complexity index is 654. The zero-order valence-electron chi connectivity index (χ0n) is 12.4. The molecule has 0 radical (unpaired) electrons. The van der Waals surface area contributed by atoms with E-state index < -0.39 is 0 Å². The summed E-state index contributed by atoms with van der Waals surface area (Å²) in [5.74, 6) is 0.361. The van der Waals surface area contributed by atoms with Crippen molar-refractivity contribution in [3.63, 3.8) is 0 Å². The van der Waals surface area contributed by atoms with E-state index in [9.17, 15) is 4.79 Å². The molecule has 0 saturated carbocycles. The highest BCUT2D eigenvalue weighted by atomic mass is 16.5. The van der Waals surface area contributed by atoms with E-state index in [2.05, 4.69) is 5.32 Å². The Morgan fingerprint density at radius 1 is 1.19 bits per heavy atom. The van der Waals surface area contributed by atoms with Crippen LogP contribution in [0.4, 0.5) is 17.1 Å². The fourth-order valence-electron chi connectivity index (χ4n) is 1.92. The van der Waals surface area contributed by atoms with Gasteiger partial charge < -0.3 is 20.7 Å². The predicted octanol–water partition coefficient (Wildman–Crippen LogP) is 2.60. The number of nitrogen functional groups attached to an aromatic ring is 1. The minimum absolute atomic E-state index is 0.175. The van der Waals surface area contributed by atoms with E-state index in [0.29, 0.717) is 22.7 Å². The van der Waals surface area contributed by atoms with Crippen molar-refractivity contribution in [2.24, 2.45) is 0 Å². The number of methoxy groups -OCH3 is 1. The lowest BCUT2D eigenvalue weighted by Gasteiger charge is -2.14. The molecule has 0 atom stereocenters. The molecular formula is C16H19N3O2. The molecule has 2 rings (SSSR count). The van der Waals surface area contributed by atoms with Gasteiger partial charge in [0.05, 0.1) is 12.8 Å². The van der Waals surface area contributed by atoms with Gasteiger partial charge in [-0.25, -0.2) is 0 Å². The summed E-state index contributed by atoms with van der Waals surface area (Å²) in [4.78, 5) is 14.2. The van der Waals surface area contributed by atoms with Crippen molar-refractivity contribution >= 4 is 23.0 Å². The van der Waals surface area contributed by atoms with Crippen molar-refractivity contribution in [1.82, 2.24) is 0 Å². The Hall–Kier alpha value is -2.69. The second-order valence-electron chi connectivity index (χ2n) is 4.86. The van der Waals surface area contributed by atoms with Crippen LogP contribution in [0.3, 0.4) is 0 Å². The van der Waals surface area contributed by atoms with E-state index in [0.717, 1.165) is 5.69 Å². The minimum atomic E-state index is -0.175.